The number of fused-ring (bicyclic) bond motifs is 3. The number of ether oxygens (including phenoxy) is 2. The number of nitriles is 2. The minimum atomic E-state index is -1.06. The van der Waals surface area contributed by atoms with Crippen LogP contribution in [0, 0.1) is 22.7 Å². The number of allylic oxidation sites excluding steroid dienone is 1. The van der Waals surface area contributed by atoms with Crippen molar-refractivity contribution in [1.29, 1.82) is 10.5 Å². The highest BCUT2D eigenvalue weighted by atomic mass is 16.7. The number of nitrogens with zero attached hydrogens (tertiary/aromatic N) is 2. The highest BCUT2D eigenvalue weighted by Gasteiger charge is 2.31. The van der Waals surface area contributed by atoms with E-state index in [0.29, 0.717) is 22.3 Å². The number of carbonyl (C=O) groups is 2. The monoisotopic (exact) mass is 398 g/mol. The molecule has 148 valence electrons. The van der Waals surface area contributed by atoms with Crippen LogP contribution < -0.4 is 0 Å². The Balaban J connectivity index is 2.08. The maximum absolute atomic E-state index is 13.0. The molecule has 0 spiro atoms. The fraction of sp³-hybridized carbons (Fsp3) is 0.167. The molecule has 6 nitrogen and oxygen atoms in total. The van der Waals surface area contributed by atoms with E-state index >= 15 is 0 Å². The lowest BCUT2D eigenvalue weighted by Gasteiger charge is -2.18. The topological polar surface area (TPSA) is 100 Å². The molecule has 0 radical (unpaired) electrons. The lowest BCUT2D eigenvalue weighted by molar-refractivity contribution is -0.163. The Labute approximate surface area is 174 Å². The van der Waals surface area contributed by atoms with Crippen molar-refractivity contribution in [2.75, 3.05) is 0 Å². The van der Waals surface area contributed by atoms with Crippen molar-refractivity contribution >= 4 is 17.5 Å². The number of esters is 2. The van der Waals surface area contributed by atoms with E-state index < -0.39 is 18.2 Å². The molecule has 0 aliphatic heterocycles. The van der Waals surface area contributed by atoms with Gasteiger partial charge in [0.1, 0.15) is 17.7 Å². The van der Waals surface area contributed by atoms with Crippen LogP contribution >= 0.6 is 0 Å². The van der Waals surface area contributed by atoms with Gasteiger partial charge in [0.15, 0.2) is 0 Å². The number of rotatable bonds is 5. The molecule has 0 N–H and O–H groups in total. The third-order valence-corrected chi connectivity index (χ3v) is 4.65. The Morgan fingerprint density at radius 3 is 2.23 bits per heavy atom. The molecule has 2 aromatic rings. The molecule has 1 unspecified atom stereocenters. The maximum atomic E-state index is 13.0. The van der Waals surface area contributed by atoms with Gasteiger partial charge in [-0.2, -0.15) is 10.5 Å². The van der Waals surface area contributed by atoms with E-state index in [1.54, 1.807) is 37.3 Å². The normalized spacial score (nSPS) is 11.9. The SMILES string of the molecule is C=C(C)C(=O)OC(CC)OC(=O)c1cccc2c1-c1ccccc1C2=C(C#N)C#N. The van der Waals surface area contributed by atoms with Crippen molar-refractivity contribution < 1.29 is 19.1 Å². The van der Waals surface area contributed by atoms with E-state index in [-0.39, 0.29) is 23.1 Å². The van der Waals surface area contributed by atoms with Crippen LogP contribution in [0.2, 0.25) is 0 Å². The predicted octanol–water partition coefficient (Wildman–Crippen LogP) is 4.53. The Bertz CT molecular complexity index is 1160. The van der Waals surface area contributed by atoms with Gasteiger partial charge in [-0.05, 0) is 29.7 Å². The molecule has 1 aliphatic rings. The summed E-state index contributed by atoms with van der Waals surface area (Å²) in [5.41, 5.74) is 3.53. The lowest BCUT2D eigenvalue weighted by atomic mass is 9.97. The summed E-state index contributed by atoms with van der Waals surface area (Å²) in [5.74, 6) is -1.31. The van der Waals surface area contributed by atoms with Crippen LogP contribution in [0.4, 0.5) is 0 Å². The summed E-state index contributed by atoms with van der Waals surface area (Å²) in [4.78, 5) is 24.8. The fourth-order valence-corrected chi connectivity index (χ4v) is 3.28. The van der Waals surface area contributed by atoms with Crippen LogP contribution in [0.5, 0.6) is 0 Å². The van der Waals surface area contributed by atoms with Crippen LogP contribution in [-0.2, 0) is 14.3 Å². The molecule has 0 saturated heterocycles. The summed E-state index contributed by atoms with van der Waals surface area (Å²) in [5, 5.41) is 18.8. The molecule has 0 heterocycles. The van der Waals surface area contributed by atoms with Gasteiger partial charge in [-0.25, -0.2) is 9.59 Å². The van der Waals surface area contributed by atoms with E-state index in [1.165, 1.54) is 6.92 Å². The summed E-state index contributed by atoms with van der Waals surface area (Å²) in [6.07, 6.45) is -0.785. The zero-order valence-corrected chi connectivity index (χ0v) is 16.6. The Morgan fingerprint density at radius 2 is 1.63 bits per heavy atom. The van der Waals surface area contributed by atoms with Crippen molar-refractivity contribution in [3.63, 3.8) is 0 Å². The number of benzene rings is 2. The Morgan fingerprint density at radius 1 is 1.00 bits per heavy atom. The van der Waals surface area contributed by atoms with Gasteiger partial charge in [0.25, 0.3) is 0 Å². The van der Waals surface area contributed by atoms with Crippen molar-refractivity contribution in [2.24, 2.45) is 0 Å². The average Bonchev–Trinajstić information content (AvgIpc) is 3.08. The highest BCUT2D eigenvalue weighted by Crippen LogP contribution is 2.47. The van der Waals surface area contributed by atoms with Crippen LogP contribution in [0.1, 0.15) is 41.8 Å². The van der Waals surface area contributed by atoms with Gasteiger partial charge in [0.05, 0.1) is 5.56 Å². The van der Waals surface area contributed by atoms with Crippen LogP contribution in [0.25, 0.3) is 16.7 Å². The first-order valence-electron chi connectivity index (χ1n) is 9.28. The molecule has 0 fully saturated rings. The smallest absolute Gasteiger partial charge is 0.341 e. The maximum Gasteiger partial charge on any atom is 0.341 e. The first kappa shape index (κ1) is 20.6. The predicted molar refractivity (Wildman–Crippen MR) is 110 cm³/mol. The lowest BCUT2D eigenvalue weighted by Crippen LogP contribution is -2.24. The van der Waals surface area contributed by atoms with Gasteiger partial charge in [-0.3, -0.25) is 0 Å². The molecule has 0 saturated carbocycles. The third-order valence-electron chi connectivity index (χ3n) is 4.65. The van der Waals surface area contributed by atoms with Crippen molar-refractivity contribution in [2.45, 2.75) is 26.6 Å². The van der Waals surface area contributed by atoms with Crippen LogP contribution in [0.15, 0.2) is 60.2 Å². The van der Waals surface area contributed by atoms with Gasteiger partial charge in [-0.15, -0.1) is 0 Å². The van der Waals surface area contributed by atoms with E-state index in [2.05, 4.69) is 6.58 Å². The van der Waals surface area contributed by atoms with E-state index in [9.17, 15) is 20.1 Å². The van der Waals surface area contributed by atoms with Gasteiger partial charge < -0.3 is 9.47 Å². The van der Waals surface area contributed by atoms with Gasteiger partial charge in [0.2, 0.25) is 6.29 Å². The second kappa shape index (κ2) is 8.46. The minimum absolute atomic E-state index is 0.0338. The van der Waals surface area contributed by atoms with E-state index in [4.69, 9.17) is 9.47 Å². The molecule has 3 rings (SSSR count). The largest absolute Gasteiger partial charge is 0.422 e. The van der Waals surface area contributed by atoms with Crippen LogP contribution in [0.3, 0.4) is 0 Å². The standard InChI is InChI=1S/C24H18N2O4/c1-4-20(29-23(27)14(2)3)30-24(28)19-11-7-10-18-21(15(12-25)13-26)16-8-5-6-9-17(16)22(18)19/h5-11,20H,2,4H2,1,3H3. The minimum Gasteiger partial charge on any atom is -0.422 e. The molecule has 0 bridgehead atoms. The zero-order valence-electron chi connectivity index (χ0n) is 16.6. The molecule has 6 heteroatoms. The second-order valence-electron chi connectivity index (χ2n) is 6.68. The third kappa shape index (κ3) is 3.59. The molecular weight excluding hydrogens is 380 g/mol. The van der Waals surface area contributed by atoms with Gasteiger partial charge in [-0.1, -0.05) is 49.9 Å². The van der Waals surface area contributed by atoms with E-state index in [0.717, 1.165) is 5.56 Å². The van der Waals surface area contributed by atoms with Crippen molar-refractivity contribution in [3.05, 3.63) is 76.9 Å². The first-order chi connectivity index (χ1) is 14.4. The molecule has 1 atom stereocenters. The van der Waals surface area contributed by atoms with Gasteiger partial charge >= 0.3 is 11.9 Å². The Hall–Kier alpha value is -4.16. The van der Waals surface area contributed by atoms with Gasteiger partial charge in [0, 0.05) is 23.1 Å². The molecule has 2 aromatic carbocycles. The fourth-order valence-electron chi connectivity index (χ4n) is 3.28. The summed E-state index contributed by atoms with van der Waals surface area (Å²) in [6, 6.07) is 16.1. The van der Waals surface area contributed by atoms with Crippen LogP contribution in [-0.4, -0.2) is 18.2 Å². The van der Waals surface area contributed by atoms with Crippen molar-refractivity contribution in [3.8, 4) is 23.3 Å². The molecule has 1 aliphatic carbocycles. The van der Waals surface area contributed by atoms with Crippen molar-refractivity contribution in [1.82, 2.24) is 0 Å². The molecule has 0 aromatic heterocycles. The summed E-state index contributed by atoms with van der Waals surface area (Å²) in [6.45, 7) is 6.75. The highest BCUT2D eigenvalue weighted by molar-refractivity contribution is 6.10. The number of hydrogen-bond acceptors (Lipinski definition) is 6. The number of hydrogen-bond donors (Lipinski definition) is 0. The zero-order chi connectivity index (χ0) is 21.8. The molecule has 0 amide bonds. The first-order valence-corrected chi connectivity index (χ1v) is 9.28. The summed E-state index contributed by atoms with van der Waals surface area (Å²) in [7, 11) is 0. The quantitative estimate of drug-likeness (QED) is 0.271. The Kier molecular flexibility index (Phi) is 5.80. The van der Waals surface area contributed by atoms with E-state index in [1.807, 2.05) is 24.3 Å². The number of carbonyl (C=O) groups excluding carboxylic acids is 2. The molecule has 30 heavy (non-hydrogen) atoms. The average molecular weight is 398 g/mol. The summed E-state index contributed by atoms with van der Waals surface area (Å²) < 4.78 is 10.6. The molecular formula is C24H18N2O4. The second-order valence-corrected chi connectivity index (χ2v) is 6.68. The summed E-state index contributed by atoms with van der Waals surface area (Å²) >= 11 is 0.